The lowest BCUT2D eigenvalue weighted by Gasteiger charge is -2.15. The van der Waals surface area contributed by atoms with E-state index in [4.69, 9.17) is 0 Å². The number of rotatable bonds is 5. The summed E-state index contributed by atoms with van der Waals surface area (Å²) in [6, 6.07) is 11.4. The number of nitrogens with one attached hydrogen (secondary N) is 1. The van der Waals surface area contributed by atoms with Gasteiger partial charge in [-0.05, 0) is 48.4 Å². The molecule has 0 saturated carbocycles. The van der Waals surface area contributed by atoms with E-state index in [-0.39, 0.29) is 12.5 Å². The molecule has 0 aliphatic carbocycles. The van der Waals surface area contributed by atoms with Gasteiger partial charge in [0.15, 0.2) is 0 Å². The second kappa shape index (κ2) is 8.58. The fourth-order valence-electron chi connectivity index (χ4n) is 2.12. The van der Waals surface area contributed by atoms with Gasteiger partial charge in [0.25, 0.3) is 0 Å². The van der Waals surface area contributed by atoms with Crippen LogP contribution < -0.4 is 5.32 Å². The van der Waals surface area contributed by atoms with E-state index in [0.29, 0.717) is 5.69 Å². The molecule has 0 bridgehead atoms. The van der Waals surface area contributed by atoms with Gasteiger partial charge < -0.3 is 10.2 Å². The molecule has 2 rings (SSSR count). The van der Waals surface area contributed by atoms with Crippen molar-refractivity contribution in [3.05, 3.63) is 70.0 Å². The number of hydrogen-bond donors (Lipinski definition) is 1. The van der Waals surface area contributed by atoms with Crippen molar-refractivity contribution in [2.24, 2.45) is 0 Å². The van der Waals surface area contributed by atoms with E-state index in [1.54, 1.807) is 12.1 Å². The Bertz CT molecular complexity index is 821. The van der Waals surface area contributed by atoms with Crippen LogP contribution in [0.3, 0.4) is 0 Å². The van der Waals surface area contributed by atoms with E-state index in [0.717, 1.165) is 15.6 Å². The highest BCUT2D eigenvalue weighted by atomic mass is 79.9. The SMILES string of the molecule is Cc1ccc(/C=C/C(=O)N(C)CC(=O)Nc2cccc(F)c2)c(Br)c1. The molecule has 0 radical (unpaired) electrons. The number of carbonyl (C=O) groups excluding carboxylic acids is 2. The Labute approximate surface area is 154 Å². The van der Waals surface area contributed by atoms with Crippen LogP contribution in [0.25, 0.3) is 6.08 Å². The third kappa shape index (κ3) is 5.83. The minimum absolute atomic E-state index is 0.130. The summed E-state index contributed by atoms with van der Waals surface area (Å²) in [5, 5.41) is 2.55. The van der Waals surface area contributed by atoms with Gasteiger partial charge in [-0.2, -0.15) is 0 Å². The van der Waals surface area contributed by atoms with Crippen molar-refractivity contribution in [3.8, 4) is 0 Å². The number of carbonyl (C=O) groups is 2. The molecule has 4 nitrogen and oxygen atoms in total. The molecule has 1 N–H and O–H groups in total. The Morgan fingerprint density at radius 1 is 1.24 bits per heavy atom. The van der Waals surface area contributed by atoms with Gasteiger partial charge in [0.1, 0.15) is 5.82 Å². The number of amides is 2. The van der Waals surface area contributed by atoms with E-state index < -0.39 is 11.7 Å². The van der Waals surface area contributed by atoms with Crippen LogP contribution in [0.2, 0.25) is 0 Å². The van der Waals surface area contributed by atoms with Crippen molar-refractivity contribution in [3.63, 3.8) is 0 Å². The van der Waals surface area contributed by atoms with Crippen LogP contribution in [0.5, 0.6) is 0 Å². The first-order valence-electron chi connectivity index (χ1n) is 7.60. The average molecular weight is 405 g/mol. The molecule has 0 atom stereocenters. The van der Waals surface area contributed by atoms with Crippen LogP contribution in [-0.2, 0) is 9.59 Å². The summed E-state index contributed by atoms with van der Waals surface area (Å²) in [6.07, 6.45) is 3.09. The molecule has 2 aromatic carbocycles. The summed E-state index contributed by atoms with van der Waals surface area (Å²) < 4.78 is 14.0. The van der Waals surface area contributed by atoms with Gasteiger partial charge in [-0.1, -0.05) is 34.1 Å². The van der Waals surface area contributed by atoms with Crippen molar-refractivity contribution in [1.82, 2.24) is 4.90 Å². The highest BCUT2D eigenvalue weighted by Gasteiger charge is 2.11. The minimum atomic E-state index is -0.436. The summed E-state index contributed by atoms with van der Waals surface area (Å²) in [7, 11) is 1.53. The van der Waals surface area contributed by atoms with Crippen LogP contribution in [0, 0.1) is 12.7 Å². The Balaban J connectivity index is 1.93. The van der Waals surface area contributed by atoms with Crippen molar-refractivity contribution in [1.29, 1.82) is 0 Å². The van der Waals surface area contributed by atoms with Crippen LogP contribution in [0.1, 0.15) is 11.1 Å². The van der Waals surface area contributed by atoms with Crippen LogP contribution in [0.4, 0.5) is 10.1 Å². The maximum Gasteiger partial charge on any atom is 0.246 e. The maximum absolute atomic E-state index is 13.1. The van der Waals surface area contributed by atoms with E-state index >= 15 is 0 Å². The maximum atomic E-state index is 13.1. The predicted octanol–water partition coefficient (Wildman–Crippen LogP) is 4.01. The second-order valence-corrected chi connectivity index (χ2v) is 6.47. The molecular formula is C19H18BrFN2O2. The molecule has 0 heterocycles. The van der Waals surface area contributed by atoms with Crippen LogP contribution in [-0.4, -0.2) is 30.3 Å². The summed E-state index contributed by atoms with van der Waals surface area (Å²) in [6.45, 7) is 1.85. The monoisotopic (exact) mass is 404 g/mol. The first-order valence-corrected chi connectivity index (χ1v) is 8.39. The number of likely N-dealkylation sites (N-methyl/N-ethyl adjacent to an activating group) is 1. The molecule has 0 aromatic heterocycles. The molecule has 6 heteroatoms. The fourth-order valence-corrected chi connectivity index (χ4v) is 2.74. The van der Waals surface area contributed by atoms with Gasteiger partial charge >= 0.3 is 0 Å². The standard InChI is InChI=1S/C19H18BrFN2O2/c1-13-6-7-14(17(20)10-13)8-9-19(25)23(2)12-18(24)22-16-5-3-4-15(21)11-16/h3-11H,12H2,1-2H3,(H,22,24)/b9-8+. The third-order valence-corrected chi connectivity index (χ3v) is 4.11. The first kappa shape index (κ1) is 18.9. The van der Waals surface area contributed by atoms with E-state index in [1.165, 1.54) is 36.2 Å². The average Bonchev–Trinajstić information content (AvgIpc) is 2.53. The molecule has 2 aromatic rings. The van der Waals surface area contributed by atoms with Crippen molar-refractivity contribution in [2.45, 2.75) is 6.92 Å². The highest BCUT2D eigenvalue weighted by Crippen LogP contribution is 2.19. The van der Waals surface area contributed by atoms with Gasteiger partial charge in [0.2, 0.25) is 11.8 Å². The Morgan fingerprint density at radius 2 is 2.00 bits per heavy atom. The summed E-state index contributed by atoms with van der Waals surface area (Å²) >= 11 is 3.45. The Morgan fingerprint density at radius 3 is 2.68 bits per heavy atom. The number of anilines is 1. The first-order chi connectivity index (χ1) is 11.8. The van der Waals surface area contributed by atoms with Crippen molar-refractivity contribution >= 4 is 39.5 Å². The number of benzene rings is 2. The number of nitrogens with zero attached hydrogens (tertiary/aromatic N) is 1. The fraction of sp³-hybridized carbons (Fsp3) is 0.158. The summed E-state index contributed by atoms with van der Waals surface area (Å²) in [4.78, 5) is 25.4. The lowest BCUT2D eigenvalue weighted by molar-refractivity contribution is -0.129. The minimum Gasteiger partial charge on any atom is -0.333 e. The zero-order valence-corrected chi connectivity index (χ0v) is 15.5. The molecule has 2 amide bonds. The lowest BCUT2D eigenvalue weighted by atomic mass is 10.1. The molecule has 0 fully saturated rings. The Kier molecular flexibility index (Phi) is 6.47. The van der Waals surface area contributed by atoms with Crippen LogP contribution >= 0.6 is 15.9 Å². The van der Waals surface area contributed by atoms with Gasteiger partial charge in [0.05, 0.1) is 6.54 Å². The number of hydrogen-bond acceptors (Lipinski definition) is 2. The number of aryl methyl sites for hydroxylation is 1. The summed E-state index contributed by atoms with van der Waals surface area (Å²) in [5.41, 5.74) is 2.34. The predicted molar refractivity (Wildman–Crippen MR) is 101 cm³/mol. The quantitative estimate of drug-likeness (QED) is 0.765. The molecule has 0 unspecified atom stereocenters. The van der Waals surface area contributed by atoms with Crippen LogP contribution in [0.15, 0.2) is 53.0 Å². The number of halogens is 2. The lowest BCUT2D eigenvalue weighted by Crippen LogP contribution is -2.33. The van der Waals surface area contributed by atoms with Gasteiger partial charge in [0, 0.05) is 23.3 Å². The van der Waals surface area contributed by atoms with Crippen molar-refractivity contribution < 1.29 is 14.0 Å². The normalized spacial score (nSPS) is 10.7. The molecule has 0 saturated heterocycles. The van der Waals surface area contributed by atoms with Gasteiger partial charge in [-0.15, -0.1) is 0 Å². The largest absolute Gasteiger partial charge is 0.333 e. The molecule has 25 heavy (non-hydrogen) atoms. The van der Waals surface area contributed by atoms with E-state index in [1.807, 2.05) is 25.1 Å². The summed E-state index contributed by atoms with van der Waals surface area (Å²) in [5.74, 6) is -1.14. The molecular weight excluding hydrogens is 387 g/mol. The topological polar surface area (TPSA) is 49.4 Å². The zero-order valence-electron chi connectivity index (χ0n) is 13.9. The Hall–Kier alpha value is -2.47. The van der Waals surface area contributed by atoms with Crippen molar-refractivity contribution in [2.75, 3.05) is 18.9 Å². The molecule has 0 spiro atoms. The third-order valence-electron chi connectivity index (χ3n) is 3.43. The molecule has 130 valence electrons. The van der Waals surface area contributed by atoms with E-state index in [2.05, 4.69) is 21.2 Å². The van der Waals surface area contributed by atoms with Gasteiger partial charge in [-0.3, -0.25) is 9.59 Å². The highest BCUT2D eigenvalue weighted by molar-refractivity contribution is 9.10. The van der Waals surface area contributed by atoms with E-state index in [9.17, 15) is 14.0 Å². The smallest absolute Gasteiger partial charge is 0.246 e. The molecule has 0 aliphatic rings. The zero-order chi connectivity index (χ0) is 18.4. The second-order valence-electron chi connectivity index (χ2n) is 5.61. The van der Waals surface area contributed by atoms with Gasteiger partial charge in [-0.25, -0.2) is 4.39 Å². The molecule has 0 aliphatic heterocycles.